The van der Waals surface area contributed by atoms with E-state index in [1.54, 1.807) is 36.7 Å². The molecule has 2 heterocycles. The molecule has 1 aromatic carbocycles. The summed E-state index contributed by atoms with van der Waals surface area (Å²) in [5.74, 6) is 0.857. The van der Waals surface area contributed by atoms with Crippen molar-refractivity contribution in [2.45, 2.75) is 38.5 Å². The summed E-state index contributed by atoms with van der Waals surface area (Å²) in [6.07, 6.45) is 9.45. The highest BCUT2D eigenvalue weighted by atomic mass is 35.5. The summed E-state index contributed by atoms with van der Waals surface area (Å²) < 4.78 is 5.81. The molecular weight excluding hydrogens is 402 g/mol. The van der Waals surface area contributed by atoms with Gasteiger partial charge >= 0.3 is 0 Å². The van der Waals surface area contributed by atoms with Gasteiger partial charge in [0, 0.05) is 18.3 Å². The van der Waals surface area contributed by atoms with Crippen molar-refractivity contribution in [3.8, 4) is 5.75 Å². The maximum absolute atomic E-state index is 12.6. The van der Waals surface area contributed by atoms with Crippen molar-refractivity contribution in [1.82, 2.24) is 10.3 Å². The Hall–Kier alpha value is -2.73. The van der Waals surface area contributed by atoms with E-state index in [0.29, 0.717) is 45.8 Å². The molecule has 30 heavy (non-hydrogen) atoms. The number of fused-ring (bicyclic) bond motifs is 1. The van der Waals surface area contributed by atoms with E-state index in [1.165, 1.54) is 19.3 Å². The summed E-state index contributed by atoms with van der Waals surface area (Å²) in [4.78, 5) is 33.4. The highest BCUT2D eigenvalue weighted by Crippen LogP contribution is 2.27. The fourth-order valence-electron chi connectivity index (χ4n) is 3.94. The van der Waals surface area contributed by atoms with Gasteiger partial charge in [0.1, 0.15) is 12.4 Å². The van der Waals surface area contributed by atoms with Crippen LogP contribution in [0, 0.1) is 5.92 Å². The number of ether oxygens (including phenoxy) is 1. The number of Topliss-reactive ketones (excluding diaryl/α,β-unsaturated/α-hetero) is 1. The number of nitrogens with zero attached hydrogens (tertiary/aromatic N) is 2. The molecule has 0 unspecified atom stereocenters. The summed E-state index contributed by atoms with van der Waals surface area (Å²) in [5.41, 5.74) is 2.16. The first-order valence-corrected chi connectivity index (χ1v) is 10.7. The van der Waals surface area contributed by atoms with Gasteiger partial charge in [-0.3, -0.25) is 19.6 Å². The minimum absolute atomic E-state index is 0.000106. The van der Waals surface area contributed by atoms with E-state index in [-0.39, 0.29) is 24.7 Å². The van der Waals surface area contributed by atoms with Crippen molar-refractivity contribution in [3.05, 3.63) is 52.8 Å². The van der Waals surface area contributed by atoms with Crippen molar-refractivity contribution in [3.63, 3.8) is 0 Å². The number of aromatic nitrogens is 1. The Bertz CT molecular complexity index is 983. The fraction of sp³-hybridized carbons (Fsp3) is 0.391. The molecule has 1 amide bonds. The lowest BCUT2D eigenvalue weighted by Crippen LogP contribution is -2.30. The van der Waals surface area contributed by atoms with Gasteiger partial charge < -0.3 is 10.1 Å². The van der Waals surface area contributed by atoms with E-state index < -0.39 is 0 Å². The first kappa shape index (κ1) is 20.5. The van der Waals surface area contributed by atoms with Crippen LogP contribution < -0.4 is 10.1 Å². The topological polar surface area (TPSA) is 80.7 Å². The van der Waals surface area contributed by atoms with Crippen LogP contribution >= 0.6 is 11.6 Å². The molecule has 0 saturated heterocycles. The minimum atomic E-state index is -0.193. The molecule has 0 atom stereocenters. The van der Waals surface area contributed by atoms with Crippen molar-refractivity contribution >= 4 is 34.7 Å². The number of pyridine rings is 1. The van der Waals surface area contributed by atoms with Gasteiger partial charge in [-0.15, -0.1) is 0 Å². The molecule has 1 aromatic heterocycles. The van der Waals surface area contributed by atoms with Crippen LogP contribution in [0.3, 0.4) is 0 Å². The highest BCUT2D eigenvalue weighted by Gasteiger charge is 2.21. The summed E-state index contributed by atoms with van der Waals surface area (Å²) in [6.45, 7) is 0.831. The molecule has 156 valence electrons. The fourth-order valence-corrected chi connectivity index (χ4v) is 4.15. The highest BCUT2D eigenvalue weighted by molar-refractivity contribution is 6.33. The van der Waals surface area contributed by atoms with Crippen LogP contribution in [-0.4, -0.2) is 35.5 Å². The van der Waals surface area contributed by atoms with Gasteiger partial charge in [0.05, 0.1) is 34.6 Å². The lowest BCUT2D eigenvalue weighted by atomic mass is 9.89. The zero-order valence-electron chi connectivity index (χ0n) is 16.7. The number of halogens is 1. The normalized spacial score (nSPS) is 16.6. The molecule has 2 aliphatic rings. The summed E-state index contributed by atoms with van der Waals surface area (Å²) in [7, 11) is 0. The number of nitrogens with one attached hydrogen (secondary N) is 1. The standard InChI is InChI=1S/C23H24ClN3O3/c24-20-7-6-17(11-19(20)23(29)26-12-15-4-2-1-3-5-15)30-14-16-10-22(28)18-8-9-25-13-21(18)27-16/h6-9,11,13,15H,1-5,10,12,14H2,(H,26,29). The van der Waals surface area contributed by atoms with Gasteiger partial charge in [0.25, 0.3) is 5.91 Å². The molecule has 6 nitrogen and oxygen atoms in total. The van der Waals surface area contributed by atoms with Crippen molar-refractivity contribution in [1.29, 1.82) is 0 Å². The Labute approximate surface area is 180 Å². The van der Waals surface area contributed by atoms with Crippen LogP contribution in [0.25, 0.3) is 0 Å². The predicted octanol–water partition coefficient (Wildman–Crippen LogP) is 4.78. The third-order valence-corrected chi connectivity index (χ3v) is 5.94. The summed E-state index contributed by atoms with van der Waals surface area (Å²) >= 11 is 6.25. The molecule has 7 heteroatoms. The lowest BCUT2D eigenvalue weighted by molar-refractivity contribution is 0.0942. The maximum atomic E-state index is 12.6. The Morgan fingerprint density at radius 2 is 2.03 bits per heavy atom. The SMILES string of the molecule is O=C(NCC1CCCCC1)c1cc(OCC2=Nc3cnccc3C(=O)C2)ccc1Cl. The van der Waals surface area contributed by atoms with E-state index in [1.807, 2.05) is 0 Å². The monoisotopic (exact) mass is 425 g/mol. The average Bonchev–Trinajstić information content (AvgIpc) is 2.77. The molecule has 0 spiro atoms. The molecule has 1 aliphatic heterocycles. The molecule has 1 aliphatic carbocycles. The molecule has 4 rings (SSSR count). The lowest BCUT2D eigenvalue weighted by Gasteiger charge is -2.21. The number of rotatable bonds is 6. The molecule has 1 N–H and O–H groups in total. The van der Waals surface area contributed by atoms with Crippen LogP contribution in [0.2, 0.25) is 5.02 Å². The third-order valence-electron chi connectivity index (χ3n) is 5.61. The Morgan fingerprint density at radius 3 is 2.87 bits per heavy atom. The Balaban J connectivity index is 1.39. The molecular formula is C23H24ClN3O3. The van der Waals surface area contributed by atoms with E-state index >= 15 is 0 Å². The van der Waals surface area contributed by atoms with Gasteiger partial charge in [-0.05, 0) is 43.0 Å². The number of hydrogen-bond acceptors (Lipinski definition) is 5. The van der Waals surface area contributed by atoms with Gasteiger partial charge in [-0.2, -0.15) is 0 Å². The first-order valence-electron chi connectivity index (χ1n) is 10.3. The van der Waals surface area contributed by atoms with E-state index in [4.69, 9.17) is 16.3 Å². The number of ketones is 1. The van der Waals surface area contributed by atoms with Gasteiger partial charge in [0.15, 0.2) is 5.78 Å². The molecule has 1 fully saturated rings. The number of carbonyl (C=O) groups excluding carboxylic acids is 2. The second kappa shape index (κ2) is 9.39. The van der Waals surface area contributed by atoms with Crippen molar-refractivity contribution in [2.24, 2.45) is 10.9 Å². The largest absolute Gasteiger partial charge is 0.488 e. The van der Waals surface area contributed by atoms with Crippen LogP contribution in [0.4, 0.5) is 5.69 Å². The Morgan fingerprint density at radius 1 is 1.20 bits per heavy atom. The quantitative estimate of drug-likeness (QED) is 0.721. The average molecular weight is 426 g/mol. The minimum Gasteiger partial charge on any atom is -0.488 e. The first-order chi connectivity index (χ1) is 14.6. The maximum Gasteiger partial charge on any atom is 0.252 e. The molecule has 0 bridgehead atoms. The number of aliphatic imine (C=N–C) groups is 1. The molecule has 1 saturated carbocycles. The molecule has 0 radical (unpaired) electrons. The Kier molecular flexibility index (Phi) is 6.43. The van der Waals surface area contributed by atoms with Crippen LogP contribution in [0.15, 0.2) is 41.7 Å². The van der Waals surface area contributed by atoms with Crippen LogP contribution in [0.5, 0.6) is 5.75 Å². The van der Waals surface area contributed by atoms with E-state index in [9.17, 15) is 9.59 Å². The smallest absolute Gasteiger partial charge is 0.252 e. The van der Waals surface area contributed by atoms with Crippen LogP contribution in [0.1, 0.15) is 59.2 Å². The third kappa shape index (κ3) is 4.87. The summed E-state index contributed by atoms with van der Waals surface area (Å²) in [5, 5.41) is 3.39. The van der Waals surface area contributed by atoms with E-state index in [0.717, 1.165) is 12.8 Å². The van der Waals surface area contributed by atoms with Gasteiger partial charge in [-0.25, -0.2) is 0 Å². The summed E-state index contributed by atoms with van der Waals surface area (Å²) in [6, 6.07) is 6.68. The zero-order valence-corrected chi connectivity index (χ0v) is 17.5. The van der Waals surface area contributed by atoms with Gasteiger partial charge in [0.2, 0.25) is 0 Å². The van der Waals surface area contributed by atoms with Gasteiger partial charge in [-0.1, -0.05) is 30.9 Å². The second-order valence-corrected chi connectivity index (χ2v) is 8.22. The number of benzene rings is 1. The van der Waals surface area contributed by atoms with Crippen molar-refractivity contribution < 1.29 is 14.3 Å². The van der Waals surface area contributed by atoms with Crippen LogP contribution in [-0.2, 0) is 0 Å². The second-order valence-electron chi connectivity index (χ2n) is 7.82. The predicted molar refractivity (Wildman–Crippen MR) is 116 cm³/mol. The number of hydrogen-bond donors (Lipinski definition) is 1. The number of carbonyl (C=O) groups is 2. The van der Waals surface area contributed by atoms with E-state index in [2.05, 4.69) is 15.3 Å². The number of amides is 1. The zero-order chi connectivity index (χ0) is 20.9. The van der Waals surface area contributed by atoms with Crippen molar-refractivity contribution in [2.75, 3.05) is 13.2 Å². The molecule has 2 aromatic rings.